The third-order valence-electron chi connectivity index (χ3n) is 1.91. The van der Waals surface area contributed by atoms with Crippen molar-refractivity contribution in [3.63, 3.8) is 0 Å². The minimum Gasteiger partial charge on any atom is -0.386 e. The fourth-order valence-corrected chi connectivity index (χ4v) is 1.26. The van der Waals surface area contributed by atoms with Crippen LogP contribution in [0.1, 0.15) is 26.3 Å². The molecule has 0 aromatic heterocycles. The van der Waals surface area contributed by atoms with Gasteiger partial charge in [-0.2, -0.15) is 5.26 Å². The molecule has 4 nitrogen and oxygen atoms in total. The number of carbonyl (C=O) groups is 2. The van der Waals surface area contributed by atoms with Crippen molar-refractivity contribution < 1.29 is 14.3 Å². The van der Waals surface area contributed by atoms with Crippen LogP contribution in [0.25, 0.3) is 0 Å². The molecule has 0 aliphatic carbocycles. The molecule has 70 valence electrons. The Morgan fingerprint density at radius 1 is 1.13 bits per heavy atom. The maximum absolute atomic E-state index is 11.1. The van der Waals surface area contributed by atoms with Crippen molar-refractivity contribution in [3.05, 3.63) is 34.9 Å². The van der Waals surface area contributed by atoms with Crippen LogP contribution in [0, 0.1) is 23.2 Å². The van der Waals surface area contributed by atoms with Crippen molar-refractivity contribution in [1.29, 1.82) is 5.26 Å². The van der Waals surface area contributed by atoms with E-state index in [1.165, 1.54) is 12.1 Å². The molecule has 0 saturated carbocycles. The lowest BCUT2D eigenvalue weighted by Gasteiger charge is -1.92. The molecule has 2 rings (SSSR count). The van der Waals surface area contributed by atoms with Gasteiger partial charge in [-0.25, -0.2) is 9.59 Å². The second-order valence-electron chi connectivity index (χ2n) is 2.80. The second kappa shape index (κ2) is 3.28. The van der Waals surface area contributed by atoms with Gasteiger partial charge in [-0.05, 0) is 18.2 Å². The molecule has 0 radical (unpaired) electrons. The Morgan fingerprint density at radius 3 is 2.60 bits per heavy atom. The van der Waals surface area contributed by atoms with E-state index < -0.39 is 11.9 Å². The first-order valence-corrected chi connectivity index (χ1v) is 4.03. The standard InChI is InChI=1S/C11H3NO3/c12-5-1-2-7-3-4-8-9(6-7)11(14)15-10(8)13/h3-4,6H. The first-order chi connectivity index (χ1) is 7.22. The summed E-state index contributed by atoms with van der Waals surface area (Å²) in [5.74, 6) is 3.42. The fraction of sp³-hybridized carbons (Fsp3) is 0. The first kappa shape index (κ1) is 8.98. The summed E-state index contributed by atoms with van der Waals surface area (Å²) in [4.78, 5) is 22.2. The molecule has 1 heterocycles. The highest BCUT2D eigenvalue weighted by Gasteiger charge is 2.29. The second-order valence-corrected chi connectivity index (χ2v) is 2.80. The molecule has 0 atom stereocenters. The van der Waals surface area contributed by atoms with E-state index in [2.05, 4.69) is 16.6 Å². The molecule has 0 saturated heterocycles. The molecule has 0 fully saturated rings. The highest BCUT2D eigenvalue weighted by Crippen LogP contribution is 2.20. The molecule has 0 bridgehead atoms. The van der Waals surface area contributed by atoms with Crippen LogP contribution < -0.4 is 0 Å². The predicted molar refractivity (Wildman–Crippen MR) is 48.7 cm³/mol. The summed E-state index contributed by atoms with van der Waals surface area (Å²) in [7, 11) is 0. The summed E-state index contributed by atoms with van der Waals surface area (Å²) in [5, 5.41) is 8.25. The Kier molecular flexibility index (Phi) is 1.97. The number of carbonyl (C=O) groups excluding carboxylic acids is 2. The molecule has 1 aromatic carbocycles. The van der Waals surface area contributed by atoms with E-state index in [4.69, 9.17) is 5.26 Å². The van der Waals surface area contributed by atoms with Crippen molar-refractivity contribution in [2.45, 2.75) is 0 Å². The maximum atomic E-state index is 11.1. The number of cyclic esters (lactones) is 2. The molecular formula is C11H3NO3. The summed E-state index contributed by atoms with van der Waals surface area (Å²) in [6, 6.07) is 6.12. The molecule has 0 unspecified atom stereocenters. The Bertz CT molecular complexity index is 570. The van der Waals surface area contributed by atoms with E-state index >= 15 is 0 Å². The van der Waals surface area contributed by atoms with Gasteiger partial charge in [0.2, 0.25) is 0 Å². The van der Waals surface area contributed by atoms with Gasteiger partial charge in [0.25, 0.3) is 0 Å². The molecule has 15 heavy (non-hydrogen) atoms. The predicted octanol–water partition coefficient (Wildman–Crippen LogP) is 0.872. The quantitative estimate of drug-likeness (QED) is 0.351. The molecule has 1 aliphatic rings. The van der Waals surface area contributed by atoms with Gasteiger partial charge in [0.05, 0.1) is 11.1 Å². The topological polar surface area (TPSA) is 67.2 Å². The zero-order valence-electron chi connectivity index (χ0n) is 7.40. The third kappa shape index (κ3) is 1.45. The summed E-state index contributed by atoms with van der Waals surface area (Å²) in [5.41, 5.74) is 0.939. The average Bonchev–Trinajstić information content (AvgIpc) is 2.52. The van der Waals surface area contributed by atoms with Gasteiger partial charge < -0.3 is 4.74 Å². The van der Waals surface area contributed by atoms with Crippen molar-refractivity contribution >= 4 is 11.9 Å². The molecule has 0 amide bonds. The monoisotopic (exact) mass is 197 g/mol. The maximum Gasteiger partial charge on any atom is 0.346 e. The number of rotatable bonds is 0. The van der Waals surface area contributed by atoms with Crippen LogP contribution in [0.5, 0.6) is 0 Å². The number of esters is 2. The molecular weight excluding hydrogens is 194 g/mol. The van der Waals surface area contributed by atoms with Gasteiger partial charge in [-0.3, -0.25) is 0 Å². The van der Waals surface area contributed by atoms with Gasteiger partial charge in [-0.1, -0.05) is 5.92 Å². The van der Waals surface area contributed by atoms with Crippen LogP contribution in [0.15, 0.2) is 18.2 Å². The largest absolute Gasteiger partial charge is 0.386 e. The van der Waals surface area contributed by atoms with Crippen LogP contribution in [-0.2, 0) is 4.74 Å². The van der Waals surface area contributed by atoms with E-state index in [1.54, 1.807) is 12.1 Å². The lowest BCUT2D eigenvalue weighted by Crippen LogP contribution is -1.96. The number of ether oxygens (including phenoxy) is 1. The molecule has 0 N–H and O–H groups in total. The van der Waals surface area contributed by atoms with E-state index in [1.807, 2.05) is 0 Å². The highest BCUT2D eigenvalue weighted by molar-refractivity contribution is 6.14. The van der Waals surface area contributed by atoms with Crippen molar-refractivity contribution in [2.24, 2.45) is 0 Å². The third-order valence-corrected chi connectivity index (χ3v) is 1.91. The van der Waals surface area contributed by atoms with Crippen LogP contribution in [0.3, 0.4) is 0 Å². The number of hydrogen-bond donors (Lipinski definition) is 0. The van der Waals surface area contributed by atoms with Gasteiger partial charge in [-0.15, -0.1) is 0 Å². The Hall–Kier alpha value is -2.59. The van der Waals surface area contributed by atoms with Crippen molar-refractivity contribution in [1.82, 2.24) is 0 Å². The van der Waals surface area contributed by atoms with Gasteiger partial charge in [0.1, 0.15) is 0 Å². The zero-order valence-corrected chi connectivity index (χ0v) is 7.40. The minimum absolute atomic E-state index is 0.199. The van der Waals surface area contributed by atoms with Crippen molar-refractivity contribution in [3.8, 4) is 17.9 Å². The lowest BCUT2D eigenvalue weighted by atomic mass is 10.1. The molecule has 4 heteroatoms. The SMILES string of the molecule is N#CC#Cc1ccc2c(c1)C(=O)OC2=O. The first-order valence-electron chi connectivity index (χ1n) is 4.03. The number of fused-ring (bicyclic) bond motifs is 1. The molecule has 1 aliphatic heterocycles. The van der Waals surface area contributed by atoms with Crippen LogP contribution in [0.4, 0.5) is 0 Å². The van der Waals surface area contributed by atoms with Crippen molar-refractivity contribution in [2.75, 3.05) is 0 Å². The lowest BCUT2D eigenvalue weighted by molar-refractivity contribution is 0.0444. The fourth-order valence-electron chi connectivity index (χ4n) is 1.26. The average molecular weight is 197 g/mol. The number of nitrogens with zero attached hydrogens (tertiary/aromatic N) is 1. The molecule has 1 aromatic rings. The number of hydrogen-bond acceptors (Lipinski definition) is 4. The highest BCUT2D eigenvalue weighted by atomic mass is 16.6. The Balaban J connectivity index is 2.53. The van der Waals surface area contributed by atoms with Crippen LogP contribution in [-0.4, -0.2) is 11.9 Å². The molecule has 0 spiro atoms. The summed E-state index contributed by atoms with van der Waals surface area (Å²) >= 11 is 0. The smallest absolute Gasteiger partial charge is 0.346 e. The van der Waals surface area contributed by atoms with E-state index in [-0.39, 0.29) is 11.1 Å². The summed E-state index contributed by atoms with van der Waals surface area (Å²) in [6.07, 6.45) is 0. The zero-order chi connectivity index (χ0) is 10.8. The summed E-state index contributed by atoms with van der Waals surface area (Å²) in [6.45, 7) is 0. The Labute approximate surface area is 85.1 Å². The van der Waals surface area contributed by atoms with Gasteiger partial charge in [0.15, 0.2) is 6.07 Å². The minimum atomic E-state index is -0.671. The number of nitriles is 1. The van der Waals surface area contributed by atoms with E-state index in [0.717, 1.165) is 0 Å². The van der Waals surface area contributed by atoms with Crippen LogP contribution in [0.2, 0.25) is 0 Å². The Morgan fingerprint density at radius 2 is 1.87 bits per heavy atom. The van der Waals surface area contributed by atoms with E-state index in [9.17, 15) is 9.59 Å². The van der Waals surface area contributed by atoms with Gasteiger partial charge in [0, 0.05) is 11.5 Å². The van der Waals surface area contributed by atoms with E-state index in [0.29, 0.717) is 5.56 Å². The number of benzene rings is 1. The van der Waals surface area contributed by atoms with Gasteiger partial charge >= 0.3 is 11.9 Å². The summed E-state index contributed by atoms with van der Waals surface area (Å²) < 4.78 is 4.40. The van der Waals surface area contributed by atoms with Crippen LogP contribution >= 0.6 is 0 Å². The normalized spacial score (nSPS) is 12.2.